The molecule has 0 spiro atoms. The van der Waals surface area contributed by atoms with Crippen molar-refractivity contribution in [2.24, 2.45) is 5.41 Å². The van der Waals surface area contributed by atoms with Gasteiger partial charge in [0, 0.05) is 27.0 Å². The third-order valence-corrected chi connectivity index (χ3v) is 5.23. The Morgan fingerprint density at radius 2 is 2.08 bits per heavy atom. The highest BCUT2D eigenvalue weighted by Gasteiger charge is 2.44. The monoisotopic (exact) mass is 357 g/mol. The SMILES string of the molecule is CC1(C(=O)NCc2cc3cc(Cl)c(CCn4nccn4)cc3[nH]2)CC1. The minimum Gasteiger partial charge on any atom is -0.357 e. The molecule has 0 saturated heterocycles. The first-order chi connectivity index (χ1) is 12.0. The maximum absolute atomic E-state index is 12.1. The number of aryl methyl sites for hydroxylation is 2. The van der Waals surface area contributed by atoms with E-state index in [1.165, 1.54) is 0 Å². The van der Waals surface area contributed by atoms with Gasteiger partial charge in [-0.05, 0) is 43.0 Å². The molecular formula is C18H20ClN5O. The molecule has 1 amide bonds. The average molecular weight is 358 g/mol. The molecule has 0 atom stereocenters. The number of carbonyl (C=O) groups is 1. The van der Waals surface area contributed by atoms with Gasteiger partial charge in [-0.1, -0.05) is 18.5 Å². The summed E-state index contributed by atoms with van der Waals surface area (Å²) < 4.78 is 0. The van der Waals surface area contributed by atoms with E-state index < -0.39 is 0 Å². The third kappa shape index (κ3) is 3.39. The number of aromatic nitrogens is 4. The van der Waals surface area contributed by atoms with Crippen LogP contribution in [0, 0.1) is 5.41 Å². The van der Waals surface area contributed by atoms with Crippen LogP contribution < -0.4 is 5.32 Å². The highest BCUT2D eigenvalue weighted by Crippen LogP contribution is 2.45. The van der Waals surface area contributed by atoms with Crippen molar-refractivity contribution in [2.45, 2.75) is 39.3 Å². The highest BCUT2D eigenvalue weighted by atomic mass is 35.5. The molecule has 25 heavy (non-hydrogen) atoms. The van der Waals surface area contributed by atoms with Gasteiger partial charge in [0.05, 0.1) is 25.5 Å². The van der Waals surface area contributed by atoms with E-state index in [9.17, 15) is 4.79 Å². The molecule has 2 N–H and O–H groups in total. The molecule has 1 fully saturated rings. The van der Waals surface area contributed by atoms with Gasteiger partial charge in [0.25, 0.3) is 0 Å². The van der Waals surface area contributed by atoms with Crippen molar-refractivity contribution in [3.63, 3.8) is 0 Å². The van der Waals surface area contributed by atoms with Gasteiger partial charge in [0.1, 0.15) is 0 Å². The smallest absolute Gasteiger partial charge is 0.226 e. The molecule has 1 aliphatic rings. The molecule has 1 aromatic carbocycles. The van der Waals surface area contributed by atoms with Gasteiger partial charge in [-0.3, -0.25) is 4.79 Å². The summed E-state index contributed by atoms with van der Waals surface area (Å²) in [4.78, 5) is 17.1. The number of benzene rings is 1. The van der Waals surface area contributed by atoms with Crippen LogP contribution in [-0.2, 0) is 24.3 Å². The van der Waals surface area contributed by atoms with Crippen LogP contribution in [0.4, 0.5) is 0 Å². The van der Waals surface area contributed by atoms with Gasteiger partial charge >= 0.3 is 0 Å². The molecule has 1 saturated carbocycles. The lowest BCUT2D eigenvalue weighted by atomic mass is 10.1. The van der Waals surface area contributed by atoms with Crippen molar-refractivity contribution in [3.8, 4) is 0 Å². The molecule has 1 aliphatic carbocycles. The Hall–Kier alpha value is -2.34. The number of nitrogens with zero attached hydrogens (tertiary/aromatic N) is 3. The molecule has 2 heterocycles. The number of fused-ring (bicyclic) bond motifs is 1. The molecule has 6 nitrogen and oxygen atoms in total. The van der Waals surface area contributed by atoms with Crippen molar-refractivity contribution in [1.29, 1.82) is 0 Å². The first-order valence-electron chi connectivity index (χ1n) is 8.46. The molecule has 2 aromatic heterocycles. The van der Waals surface area contributed by atoms with E-state index in [0.717, 1.165) is 46.4 Å². The Morgan fingerprint density at radius 1 is 1.32 bits per heavy atom. The molecule has 7 heteroatoms. The Bertz CT molecular complexity index is 911. The van der Waals surface area contributed by atoms with Crippen LogP contribution in [0.25, 0.3) is 10.9 Å². The first-order valence-corrected chi connectivity index (χ1v) is 8.84. The summed E-state index contributed by atoms with van der Waals surface area (Å²) in [6.07, 6.45) is 6.05. The van der Waals surface area contributed by atoms with Crippen molar-refractivity contribution in [3.05, 3.63) is 46.9 Å². The molecule has 0 radical (unpaired) electrons. The fourth-order valence-electron chi connectivity index (χ4n) is 2.93. The van der Waals surface area contributed by atoms with Crippen LogP contribution in [-0.4, -0.2) is 25.9 Å². The number of amides is 1. The predicted molar refractivity (Wildman–Crippen MR) is 96.2 cm³/mol. The number of nitrogens with one attached hydrogen (secondary N) is 2. The summed E-state index contributed by atoms with van der Waals surface area (Å²) >= 11 is 6.41. The maximum atomic E-state index is 12.1. The fraction of sp³-hybridized carbons (Fsp3) is 0.389. The van der Waals surface area contributed by atoms with Crippen LogP contribution in [0.1, 0.15) is 31.0 Å². The van der Waals surface area contributed by atoms with Gasteiger partial charge < -0.3 is 10.3 Å². The van der Waals surface area contributed by atoms with E-state index in [-0.39, 0.29) is 11.3 Å². The summed E-state index contributed by atoms with van der Waals surface area (Å²) in [6.45, 7) is 3.20. The molecule has 0 bridgehead atoms. The summed E-state index contributed by atoms with van der Waals surface area (Å²) in [6, 6.07) is 6.07. The molecule has 3 aromatic rings. The summed E-state index contributed by atoms with van der Waals surface area (Å²) in [7, 11) is 0. The van der Waals surface area contributed by atoms with Gasteiger partial charge in [-0.25, -0.2) is 0 Å². The summed E-state index contributed by atoms with van der Waals surface area (Å²) in [5.41, 5.74) is 2.90. The first kappa shape index (κ1) is 16.1. The zero-order chi connectivity index (χ0) is 17.4. The Kier molecular flexibility index (Phi) is 4.00. The predicted octanol–water partition coefficient (Wildman–Crippen LogP) is 3.07. The molecule has 0 unspecified atom stereocenters. The number of hydrogen-bond acceptors (Lipinski definition) is 3. The number of H-pyrrole nitrogens is 1. The van der Waals surface area contributed by atoms with E-state index in [0.29, 0.717) is 13.1 Å². The normalized spacial score (nSPS) is 15.4. The second-order valence-electron chi connectivity index (χ2n) is 6.94. The minimum atomic E-state index is -0.150. The number of rotatable bonds is 6. The van der Waals surface area contributed by atoms with Crippen molar-refractivity contribution >= 4 is 28.4 Å². The summed E-state index contributed by atoms with van der Waals surface area (Å²) in [5.74, 6) is 0.136. The van der Waals surface area contributed by atoms with E-state index in [2.05, 4.69) is 26.6 Å². The van der Waals surface area contributed by atoms with Gasteiger partial charge in [-0.15, -0.1) is 0 Å². The lowest BCUT2D eigenvalue weighted by molar-refractivity contribution is -0.125. The number of carbonyl (C=O) groups excluding carboxylic acids is 1. The Balaban J connectivity index is 1.47. The Morgan fingerprint density at radius 3 is 2.80 bits per heavy atom. The number of hydrogen-bond donors (Lipinski definition) is 2. The largest absolute Gasteiger partial charge is 0.357 e. The average Bonchev–Trinajstić information content (AvgIpc) is 3.01. The van der Waals surface area contributed by atoms with Crippen molar-refractivity contribution in [1.82, 2.24) is 25.3 Å². The number of aromatic amines is 1. The van der Waals surface area contributed by atoms with Crippen LogP contribution in [0.15, 0.2) is 30.6 Å². The second kappa shape index (κ2) is 6.19. The lowest BCUT2D eigenvalue weighted by Crippen LogP contribution is -2.29. The van der Waals surface area contributed by atoms with Crippen molar-refractivity contribution < 1.29 is 4.79 Å². The lowest BCUT2D eigenvalue weighted by Gasteiger charge is -2.08. The fourth-order valence-corrected chi connectivity index (χ4v) is 3.19. The highest BCUT2D eigenvalue weighted by molar-refractivity contribution is 6.32. The zero-order valence-electron chi connectivity index (χ0n) is 14.1. The maximum Gasteiger partial charge on any atom is 0.226 e. The van der Waals surface area contributed by atoms with Crippen LogP contribution in [0.3, 0.4) is 0 Å². The van der Waals surface area contributed by atoms with Gasteiger partial charge in [0.15, 0.2) is 0 Å². The minimum absolute atomic E-state index is 0.136. The molecular weight excluding hydrogens is 338 g/mol. The van der Waals surface area contributed by atoms with Crippen LogP contribution in [0.2, 0.25) is 5.02 Å². The third-order valence-electron chi connectivity index (χ3n) is 4.88. The standard InChI is InChI=1S/C18H20ClN5O/c1-18(3-4-18)17(25)20-11-14-8-13-9-15(19)12(10-16(13)23-14)2-7-24-21-5-6-22-24/h5-6,8-10,23H,2-4,7,11H2,1H3,(H,20,25). The van der Waals surface area contributed by atoms with E-state index in [1.54, 1.807) is 17.2 Å². The Labute approximate surface area is 150 Å². The number of halogens is 1. The van der Waals surface area contributed by atoms with E-state index >= 15 is 0 Å². The van der Waals surface area contributed by atoms with Crippen LogP contribution in [0.5, 0.6) is 0 Å². The quantitative estimate of drug-likeness (QED) is 0.711. The topological polar surface area (TPSA) is 75.6 Å². The van der Waals surface area contributed by atoms with Crippen LogP contribution >= 0.6 is 11.6 Å². The zero-order valence-corrected chi connectivity index (χ0v) is 14.8. The van der Waals surface area contributed by atoms with E-state index in [4.69, 9.17) is 11.6 Å². The summed E-state index contributed by atoms with van der Waals surface area (Å²) in [5, 5.41) is 13.0. The van der Waals surface area contributed by atoms with E-state index in [1.807, 2.05) is 19.1 Å². The molecule has 4 rings (SSSR count). The molecule has 130 valence electrons. The molecule has 0 aliphatic heterocycles. The second-order valence-corrected chi connectivity index (χ2v) is 7.35. The van der Waals surface area contributed by atoms with Gasteiger partial charge in [-0.2, -0.15) is 15.0 Å². The van der Waals surface area contributed by atoms with Gasteiger partial charge in [0.2, 0.25) is 5.91 Å². The van der Waals surface area contributed by atoms with Crippen molar-refractivity contribution in [2.75, 3.05) is 0 Å².